The number of nitrogens with zero attached hydrogens (tertiary/aromatic N) is 2. The molecule has 1 fully saturated rings. The number of hydrogen-bond donors (Lipinski definition) is 1. The van der Waals surface area contributed by atoms with E-state index in [4.69, 9.17) is 4.74 Å². The van der Waals surface area contributed by atoms with Gasteiger partial charge in [-0.2, -0.15) is 13.2 Å². The third-order valence-electron chi connectivity index (χ3n) is 4.63. The van der Waals surface area contributed by atoms with Gasteiger partial charge >= 0.3 is 12.1 Å². The fourth-order valence-electron chi connectivity index (χ4n) is 3.11. The number of ether oxygens (including phenoxy) is 1. The van der Waals surface area contributed by atoms with Gasteiger partial charge in [0.2, 0.25) is 5.91 Å². The summed E-state index contributed by atoms with van der Waals surface area (Å²) in [7, 11) is 0. The van der Waals surface area contributed by atoms with Crippen LogP contribution in [0.3, 0.4) is 0 Å². The molecule has 1 heterocycles. The Kier molecular flexibility index (Phi) is 6.42. The molecular formula is C20H16F3N3O6. The lowest BCUT2D eigenvalue weighted by molar-refractivity contribution is -0.384. The number of non-ortho nitro benzene ring substituents is 1. The molecule has 0 unspecified atom stereocenters. The van der Waals surface area contributed by atoms with Crippen molar-refractivity contribution in [2.75, 3.05) is 23.4 Å². The van der Waals surface area contributed by atoms with Crippen LogP contribution in [0, 0.1) is 16.0 Å². The third kappa shape index (κ3) is 5.39. The minimum atomic E-state index is -4.58. The van der Waals surface area contributed by atoms with E-state index < -0.39 is 47.0 Å². The summed E-state index contributed by atoms with van der Waals surface area (Å²) in [5, 5.41) is 13.1. The molecule has 0 bridgehead atoms. The molecule has 32 heavy (non-hydrogen) atoms. The maximum absolute atomic E-state index is 12.7. The van der Waals surface area contributed by atoms with E-state index in [2.05, 4.69) is 5.32 Å². The molecule has 1 N–H and O–H groups in total. The molecule has 0 aliphatic carbocycles. The second kappa shape index (κ2) is 9.04. The quantitative estimate of drug-likeness (QED) is 0.410. The largest absolute Gasteiger partial charge is 0.455 e. The number of carbonyl (C=O) groups excluding carboxylic acids is 3. The van der Waals surface area contributed by atoms with Crippen LogP contribution in [0.4, 0.5) is 30.2 Å². The van der Waals surface area contributed by atoms with E-state index in [1.807, 2.05) is 0 Å². The second-order valence-electron chi connectivity index (χ2n) is 6.92. The van der Waals surface area contributed by atoms with Gasteiger partial charge in [0.1, 0.15) is 0 Å². The van der Waals surface area contributed by atoms with E-state index in [9.17, 15) is 37.7 Å². The lowest BCUT2D eigenvalue weighted by Gasteiger charge is -2.16. The zero-order chi connectivity index (χ0) is 23.5. The number of alkyl halides is 3. The lowest BCUT2D eigenvalue weighted by atomic mass is 10.1. The first-order valence-corrected chi connectivity index (χ1v) is 9.23. The molecule has 1 atom stereocenters. The topological polar surface area (TPSA) is 119 Å². The molecule has 168 valence electrons. The summed E-state index contributed by atoms with van der Waals surface area (Å²) < 4.78 is 43.1. The van der Waals surface area contributed by atoms with Crippen LogP contribution in [-0.2, 0) is 25.3 Å². The summed E-state index contributed by atoms with van der Waals surface area (Å²) in [6.45, 7) is -0.843. The predicted molar refractivity (Wildman–Crippen MR) is 105 cm³/mol. The van der Waals surface area contributed by atoms with Crippen molar-refractivity contribution in [3.05, 3.63) is 64.2 Å². The van der Waals surface area contributed by atoms with Gasteiger partial charge in [0, 0.05) is 30.8 Å². The van der Waals surface area contributed by atoms with Crippen molar-refractivity contribution in [3.63, 3.8) is 0 Å². The first-order chi connectivity index (χ1) is 15.0. The van der Waals surface area contributed by atoms with Gasteiger partial charge in [0.05, 0.1) is 22.1 Å². The van der Waals surface area contributed by atoms with Crippen molar-refractivity contribution in [2.24, 2.45) is 5.92 Å². The van der Waals surface area contributed by atoms with Crippen molar-refractivity contribution < 1.29 is 37.2 Å². The Morgan fingerprint density at radius 2 is 1.91 bits per heavy atom. The van der Waals surface area contributed by atoms with Gasteiger partial charge in [-0.25, -0.2) is 0 Å². The Bertz CT molecular complexity index is 1070. The Balaban J connectivity index is 1.55. The summed E-state index contributed by atoms with van der Waals surface area (Å²) in [5.41, 5.74) is -1.03. The molecule has 9 nitrogen and oxygen atoms in total. The summed E-state index contributed by atoms with van der Waals surface area (Å²) in [6.07, 6.45) is -4.79. The van der Waals surface area contributed by atoms with Crippen LogP contribution in [0.1, 0.15) is 12.0 Å². The summed E-state index contributed by atoms with van der Waals surface area (Å²) in [6, 6.07) is 9.32. The van der Waals surface area contributed by atoms with Crippen LogP contribution in [-0.4, -0.2) is 35.9 Å². The molecule has 1 saturated heterocycles. The van der Waals surface area contributed by atoms with Crippen molar-refractivity contribution in [1.29, 1.82) is 0 Å². The number of anilines is 2. The molecule has 1 aliphatic rings. The number of amides is 2. The van der Waals surface area contributed by atoms with E-state index >= 15 is 0 Å². The van der Waals surface area contributed by atoms with Gasteiger partial charge in [-0.3, -0.25) is 24.5 Å². The second-order valence-corrected chi connectivity index (χ2v) is 6.92. The molecule has 0 spiro atoms. The van der Waals surface area contributed by atoms with Crippen molar-refractivity contribution in [1.82, 2.24) is 0 Å². The Morgan fingerprint density at radius 3 is 2.59 bits per heavy atom. The number of nitro benzene ring substituents is 1. The van der Waals surface area contributed by atoms with E-state index in [0.29, 0.717) is 0 Å². The molecule has 3 rings (SSSR count). The van der Waals surface area contributed by atoms with Crippen LogP contribution in [0.2, 0.25) is 0 Å². The maximum atomic E-state index is 12.7. The standard InChI is InChI=1S/C20H16F3N3O6/c21-20(22,23)13-3-1-4-14(8-13)24-17(27)11-32-19(29)12-7-18(28)25(10-12)15-5-2-6-16(9-15)26(30)31/h1-6,8-9,12H,7,10-11H2,(H,24,27)/t12-/m1/s1. The normalized spacial score (nSPS) is 16.0. The van der Waals surface area contributed by atoms with Crippen LogP contribution in [0.15, 0.2) is 48.5 Å². The van der Waals surface area contributed by atoms with E-state index in [0.717, 1.165) is 18.2 Å². The van der Waals surface area contributed by atoms with Crippen LogP contribution in [0.5, 0.6) is 0 Å². The van der Waals surface area contributed by atoms with Gasteiger partial charge in [0.25, 0.3) is 11.6 Å². The van der Waals surface area contributed by atoms with Crippen LogP contribution >= 0.6 is 0 Å². The number of nitro groups is 1. The third-order valence-corrected chi connectivity index (χ3v) is 4.63. The molecule has 0 saturated carbocycles. The van der Waals surface area contributed by atoms with Gasteiger partial charge in [-0.1, -0.05) is 12.1 Å². The molecule has 2 amide bonds. The number of carbonyl (C=O) groups is 3. The summed E-state index contributed by atoms with van der Waals surface area (Å²) >= 11 is 0. The minimum absolute atomic E-state index is 0.0892. The van der Waals surface area contributed by atoms with Gasteiger partial charge in [0.15, 0.2) is 6.61 Å². The van der Waals surface area contributed by atoms with Gasteiger partial charge in [-0.05, 0) is 24.3 Å². The van der Waals surface area contributed by atoms with E-state index in [1.165, 1.54) is 35.2 Å². The number of hydrogen-bond acceptors (Lipinski definition) is 6. The van der Waals surface area contributed by atoms with Crippen molar-refractivity contribution >= 4 is 34.8 Å². The highest BCUT2D eigenvalue weighted by Crippen LogP contribution is 2.31. The van der Waals surface area contributed by atoms with E-state index in [-0.39, 0.29) is 30.0 Å². The number of esters is 1. The first kappa shape index (κ1) is 22.7. The highest BCUT2D eigenvalue weighted by atomic mass is 19.4. The SMILES string of the molecule is O=C(COC(=O)[C@@H]1CC(=O)N(c2cccc([N+](=O)[O-])c2)C1)Nc1cccc(C(F)(F)F)c1. The smallest absolute Gasteiger partial charge is 0.416 e. The van der Waals surface area contributed by atoms with Gasteiger partial charge < -0.3 is 15.0 Å². The molecule has 2 aromatic rings. The Morgan fingerprint density at radius 1 is 1.19 bits per heavy atom. The number of benzene rings is 2. The molecule has 12 heteroatoms. The Labute approximate surface area is 178 Å². The maximum Gasteiger partial charge on any atom is 0.416 e. The van der Waals surface area contributed by atoms with Crippen molar-refractivity contribution in [2.45, 2.75) is 12.6 Å². The number of halogens is 3. The molecule has 0 aromatic heterocycles. The highest BCUT2D eigenvalue weighted by Gasteiger charge is 2.37. The molecular weight excluding hydrogens is 435 g/mol. The molecule has 0 radical (unpaired) electrons. The number of nitrogens with one attached hydrogen (secondary N) is 1. The lowest BCUT2D eigenvalue weighted by Crippen LogP contribution is -2.28. The molecule has 2 aromatic carbocycles. The zero-order valence-electron chi connectivity index (χ0n) is 16.3. The first-order valence-electron chi connectivity index (χ1n) is 9.23. The average molecular weight is 451 g/mol. The highest BCUT2D eigenvalue weighted by molar-refractivity contribution is 6.00. The fourth-order valence-corrected chi connectivity index (χ4v) is 3.11. The zero-order valence-corrected chi connectivity index (χ0v) is 16.3. The van der Waals surface area contributed by atoms with Crippen LogP contribution in [0.25, 0.3) is 0 Å². The summed E-state index contributed by atoms with van der Waals surface area (Å²) in [5.74, 6) is -3.04. The Hall–Kier alpha value is -3.96. The van der Waals surface area contributed by atoms with Gasteiger partial charge in [-0.15, -0.1) is 0 Å². The molecule has 1 aliphatic heterocycles. The summed E-state index contributed by atoms with van der Waals surface area (Å²) in [4.78, 5) is 47.9. The monoisotopic (exact) mass is 451 g/mol. The fraction of sp³-hybridized carbons (Fsp3) is 0.250. The van der Waals surface area contributed by atoms with E-state index in [1.54, 1.807) is 0 Å². The predicted octanol–water partition coefficient (Wildman–Crippen LogP) is 3.15. The average Bonchev–Trinajstić information content (AvgIpc) is 3.13. The minimum Gasteiger partial charge on any atom is -0.455 e. The number of rotatable bonds is 6. The van der Waals surface area contributed by atoms with Crippen LogP contribution < -0.4 is 10.2 Å². The van der Waals surface area contributed by atoms with Crippen molar-refractivity contribution in [3.8, 4) is 0 Å².